The molecule has 0 unspecified atom stereocenters. The van der Waals surface area contributed by atoms with Crippen molar-refractivity contribution in [1.29, 1.82) is 0 Å². The molecule has 2 aromatic rings. The van der Waals surface area contributed by atoms with Crippen LogP contribution in [0.15, 0.2) is 29.9 Å². The highest BCUT2D eigenvalue weighted by molar-refractivity contribution is 7.13. The predicted molar refractivity (Wildman–Crippen MR) is 94.6 cm³/mol. The van der Waals surface area contributed by atoms with Crippen LogP contribution in [0, 0.1) is 0 Å². The minimum absolute atomic E-state index is 0.217. The molecule has 0 spiro atoms. The Labute approximate surface area is 146 Å². The molecule has 1 aromatic heterocycles. The first-order valence-corrected chi connectivity index (χ1v) is 8.93. The summed E-state index contributed by atoms with van der Waals surface area (Å²) in [6.45, 7) is 6.76. The monoisotopic (exact) mass is 346 g/mol. The average Bonchev–Trinajstić information content (AvgIpc) is 3.05. The van der Waals surface area contributed by atoms with E-state index in [1.54, 1.807) is 11.3 Å². The minimum Gasteiger partial charge on any atom is -0.493 e. The van der Waals surface area contributed by atoms with Gasteiger partial charge in [-0.3, -0.25) is 4.98 Å². The van der Waals surface area contributed by atoms with E-state index in [0.29, 0.717) is 13.2 Å². The second-order valence-electron chi connectivity index (χ2n) is 6.81. The SMILES string of the molecule is CC(C)(C)OC(=O)NC[C@@H]1CCOc2c(-c3cncs3)cccc21. The van der Waals surface area contributed by atoms with Gasteiger partial charge in [0, 0.05) is 24.2 Å². The highest BCUT2D eigenvalue weighted by Gasteiger charge is 2.25. The minimum atomic E-state index is -0.489. The molecule has 0 bridgehead atoms. The number of hydrogen-bond acceptors (Lipinski definition) is 5. The topological polar surface area (TPSA) is 60.5 Å². The van der Waals surface area contributed by atoms with Crippen molar-refractivity contribution in [2.75, 3.05) is 13.2 Å². The van der Waals surface area contributed by atoms with Gasteiger partial charge < -0.3 is 14.8 Å². The standard InChI is InChI=1S/C18H22N2O3S/c1-18(2,3)23-17(21)20-9-12-7-8-22-16-13(12)5-4-6-14(16)15-10-19-11-24-15/h4-6,10-12H,7-9H2,1-3H3,(H,20,21)/t12-/m0/s1. The molecule has 1 aliphatic rings. The molecule has 0 radical (unpaired) electrons. The molecule has 0 saturated heterocycles. The number of thiazole rings is 1. The number of rotatable bonds is 3. The van der Waals surface area contributed by atoms with Crippen LogP contribution in [0.1, 0.15) is 38.7 Å². The molecule has 1 amide bonds. The van der Waals surface area contributed by atoms with Crippen LogP contribution >= 0.6 is 11.3 Å². The molecule has 2 heterocycles. The highest BCUT2D eigenvalue weighted by atomic mass is 32.1. The second-order valence-corrected chi connectivity index (χ2v) is 7.69. The van der Waals surface area contributed by atoms with E-state index in [1.807, 2.05) is 38.5 Å². The summed E-state index contributed by atoms with van der Waals surface area (Å²) in [6, 6.07) is 6.15. The summed E-state index contributed by atoms with van der Waals surface area (Å²) >= 11 is 1.59. The van der Waals surface area contributed by atoms with Crippen molar-refractivity contribution in [2.45, 2.75) is 38.7 Å². The fourth-order valence-electron chi connectivity index (χ4n) is 2.77. The fourth-order valence-corrected chi connectivity index (χ4v) is 3.42. The van der Waals surface area contributed by atoms with E-state index in [2.05, 4.69) is 22.4 Å². The Balaban J connectivity index is 1.75. The molecule has 128 valence electrons. The number of benzene rings is 1. The zero-order chi connectivity index (χ0) is 17.2. The number of carbonyl (C=O) groups is 1. The number of ether oxygens (including phenoxy) is 2. The van der Waals surface area contributed by atoms with Gasteiger partial charge in [0.2, 0.25) is 0 Å². The maximum atomic E-state index is 11.9. The van der Waals surface area contributed by atoms with E-state index < -0.39 is 5.60 Å². The first-order chi connectivity index (χ1) is 11.4. The molecular weight excluding hydrogens is 324 g/mol. The van der Waals surface area contributed by atoms with Crippen LogP contribution in [0.3, 0.4) is 0 Å². The summed E-state index contributed by atoms with van der Waals surface area (Å²) in [6.07, 6.45) is 2.34. The Kier molecular flexibility index (Phi) is 4.76. The summed E-state index contributed by atoms with van der Waals surface area (Å²) < 4.78 is 11.2. The number of aromatic nitrogens is 1. The lowest BCUT2D eigenvalue weighted by atomic mass is 9.91. The van der Waals surface area contributed by atoms with E-state index in [4.69, 9.17) is 9.47 Å². The van der Waals surface area contributed by atoms with Gasteiger partial charge in [-0.15, -0.1) is 11.3 Å². The summed E-state index contributed by atoms with van der Waals surface area (Å²) in [7, 11) is 0. The molecule has 5 nitrogen and oxygen atoms in total. The van der Waals surface area contributed by atoms with Crippen molar-refractivity contribution in [2.24, 2.45) is 0 Å². The fraction of sp³-hybridized carbons (Fsp3) is 0.444. The van der Waals surface area contributed by atoms with Crippen molar-refractivity contribution in [1.82, 2.24) is 10.3 Å². The molecule has 24 heavy (non-hydrogen) atoms. The Morgan fingerprint density at radius 3 is 3.00 bits per heavy atom. The predicted octanol–water partition coefficient (Wildman–Crippen LogP) is 4.20. The van der Waals surface area contributed by atoms with Gasteiger partial charge in [-0.05, 0) is 38.8 Å². The molecule has 1 aromatic carbocycles. The van der Waals surface area contributed by atoms with Gasteiger partial charge in [-0.25, -0.2) is 4.79 Å². The lowest BCUT2D eigenvalue weighted by molar-refractivity contribution is 0.0521. The summed E-state index contributed by atoms with van der Waals surface area (Å²) in [5, 5.41) is 2.88. The molecule has 6 heteroatoms. The normalized spacial score (nSPS) is 16.9. The molecule has 0 fully saturated rings. The Hall–Kier alpha value is -2.08. The largest absolute Gasteiger partial charge is 0.493 e. The van der Waals surface area contributed by atoms with E-state index >= 15 is 0 Å². The lowest BCUT2D eigenvalue weighted by Crippen LogP contribution is -2.35. The third-order valence-corrected chi connectivity index (χ3v) is 4.59. The lowest BCUT2D eigenvalue weighted by Gasteiger charge is -2.28. The zero-order valence-corrected chi connectivity index (χ0v) is 15.0. The Bertz CT molecular complexity index is 708. The van der Waals surface area contributed by atoms with Gasteiger partial charge in [0.25, 0.3) is 0 Å². The summed E-state index contributed by atoms with van der Waals surface area (Å²) in [4.78, 5) is 17.1. The number of carbonyl (C=O) groups excluding carboxylic acids is 1. The van der Waals surface area contributed by atoms with Gasteiger partial charge in [0.1, 0.15) is 11.4 Å². The number of nitrogens with one attached hydrogen (secondary N) is 1. The van der Waals surface area contributed by atoms with Gasteiger partial charge in [-0.2, -0.15) is 0 Å². The number of amides is 1. The van der Waals surface area contributed by atoms with Crippen LogP contribution in [0.2, 0.25) is 0 Å². The maximum Gasteiger partial charge on any atom is 0.407 e. The van der Waals surface area contributed by atoms with Crippen LogP contribution in [0.25, 0.3) is 10.4 Å². The maximum absolute atomic E-state index is 11.9. The second kappa shape index (κ2) is 6.81. The van der Waals surface area contributed by atoms with Crippen molar-refractivity contribution < 1.29 is 14.3 Å². The van der Waals surface area contributed by atoms with Crippen LogP contribution in [-0.2, 0) is 4.74 Å². The van der Waals surface area contributed by atoms with Crippen molar-refractivity contribution in [3.8, 4) is 16.2 Å². The number of nitrogens with zero attached hydrogens (tertiary/aromatic N) is 1. The van der Waals surface area contributed by atoms with Crippen molar-refractivity contribution in [3.05, 3.63) is 35.5 Å². The summed E-state index contributed by atoms with van der Waals surface area (Å²) in [5.74, 6) is 1.12. The van der Waals surface area contributed by atoms with E-state index in [1.165, 1.54) is 0 Å². The highest BCUT2D eigenvalue weighted by Crippen LogP contribution is 2.41. The van der Waals surface area contributed by atoms with E-state index in [-0.39, 0.29) is 12.0 Å². The first kappa shape index (κ1) is 16.8. The van der Waals surface area contributed by atoms with Gasteiger partial charge in [0.05, 0.1) is 17.0 Å². The van der Waals surface area contributed by atoms with Crippen molar-refractivity contribution in [3.63, 3.8) is 0 Å². The molecule has 1 atom stereocenters. The molecular formula is C18H22N2O3S. The van der Waals surface area contributed by atoms with Gasteiger partial charge in [0.15, 0.2) is 0 Å². The van der Waals surface area contributed by atoms with Gasteiger partial charge >= 0.3 is 6.09 Å². The first-order valence-electron chi connectivity index (χ1n) is 8.05. The van der Waals surface area contributed by atoms with Crippen LogP contribution in [0.5, 0.6) is 5.75 Å². The average molecular weight is 346 g/mol. The molecule has 1 N–H and O–H groups in total. The van der Waals surface area contributed by atoms with E-state index in [0.717, 1.165) is 28.2 Å². The number of hydrogen-bond donors (Lipinski definition) is 1. The van der Waals surface area contributed by atoms with E-state index in [9.17, 15) is 4.79 Å². The van der Waals surface area contributed by atoms with Crippen LogP contribution < -0.4 is 10.1 Å². The van der Waals surface area contributed by atoms with Gasteiger partial charge in [-0.1, -0.05) is 12.1 Å². The smallest absolute Gasteiger partial charge is 0.407 e. The van der Waals surface area contributed by atoms with Crippen LogP contribution in [0.4, 0.5) is 4.79 Å². The quantitative estimate of drug-likeness (QED) is 0.905. The Morgan fingerprint density at radius 2 is 2.29 bits per heavy atom. The molecule has 3 rings (SSSR count). The van der Waals surface area contributed by atoms with Crippen LogP contribution in [-0.4, -0.2) is 29.8 Å². The van der Waals surface area contributed by atoms with Crippen molar-refractivity contribution >= 4 is 17.4 Å². The zero-order valence-electron chi connectivity index (χ0n) is 14.2. The third-order valence-electron chi connectivity index (χ3n) is 3.79. The molecule has 0 saturated carbocycles. The molecule has 0 aliphatic carbocycles. The summed E-state index contributed by atoms with van der Waals surface area (Å²) in [5.41, 5.74) is 3.52. The third kappa shape index (κ3) is 3.87. The number of para-hydroxylation sites is 1. The Morgan fingerprint density at radius 1 is 1.46 bits per heavy atom. The number of fused-ring (bicyclic) bond motifs is 1. The molecule has 1 aliphatic heterocycles. The number of alkyl carbamates (subject to hydrolysis) is 1.